The van der Waals surface area contributed by atoms with Crippen LogP contribution in [0.4, 0.5) is 5.69 Å². The fourth-order valence-corrected chi connectivity index (χ4v) is 2.62. The third-order valence-electron chi connectivity index (χ3n) is 3.57. The maximum atomic E-state index is 12.2. The van der Waals surface area contributed by atoms with Gasteiger partial charge in [0.05, 0.1) is 12.0 Å². The molecule has 0 bridgehead atoms. The minimum absolute atomic E-state index is 0.0635. The summed E-state index contributed by atoms with van der Waals surface area (Å²) in [6, 6.07) is 20.0. The standard InChI is InChI=1S/C17H15NO/c1-2-15-16(13-9-5-3-6-10-13)18(17(15)19)14-11-7-4-8-12-14/h2-12,15-16H,1H2/t15-,16+/m0/s1. The van der Waals surface area contributed by atoms with Gasteiger partial charge in [-0.1, -0.05) is 54.6 Å². The molecule has 2 heteroatoms. The first-order chi connectivity index (χ1) is 9.33. The topological polar surface area (TPSA) is 20.3 Å². The van der Waals surface area contributed by atoms with Crippen LogP contribution < -0.4 is 4.90 Å². The molecule has 19 heavy (non-hydrogen) atoms. The highest BCUT2D eigenvalue weighted by Crippen LogP contribution is 2.43. The number of hydrogen-bond acceptors (Lipinski definition) is 1. The number of carbonyl (C=O) groups excluding carboxylic acids is 1. The summed E-state index contributed by atoms with van der Waals surface area (Å²) in [7, 11) is 0. The first kappa shape index (κ1) is 11.7. The number of para-hydroxylation sites is 1. The van der Waals surface area contributed by atoms with E-state index in [1.54, 1.807) is 6.08 Å². The molecule has 2 aromatic carbocycles. The molecule has 1 aliphatic rings. The lowest BCUT2D eigenvalue weighted by Gasteiger charge is -2.46. The van der Waals surface area contributed by atoms with E-state index in [-0.39, 0.29) is 17.9 Å². The summed E-state index contributed by atoms with van der Waals surface area (Å²) in [5.41, 5.74) is 2.09. The highest BCUT2D eigenvalue weighted by molar-refractivity contribution is 6.04. The van der Waals surface area contributed by atoms with Crippen molar-refractivity contribution in [3.8, 4) is 0 Å². The highest BCUT2D eigenvalue weighted by atomic mass is 16.2. The lowest BCUT2D eigenvalue weighted by atomic mass is 9.82. The summed E-state index contributed by atoms with van der Waals surface area (Å²) in [5, 5.41) is 0. The van der Waals surface area contributed by atoms with Crippen molar-refractivity contribution >= 4 is 11.6 Å². The predicted molar refractivity (Wildman–Crippen MR) is 76.8 cm³/mol. The van der Waals surface area contributed by atoms with Gasteiger partial charge in [-0.3, -0.25) is 4.79 Å². The maximum Gasteiger partial charge on any atom is 0.236 e. The van der Waals surface area contributed by atoms with Crippen LogP contribution in [0, 0.1) is 5.92 Å². The van der Waals surface area contributed by atoms with Crippen LogP contribution in [0.1, 0.15) is 11.6 Å². The molecule has 2 aromatic rings. The molecule has 94 valence electrons. The van der Waals surface area contributed by atoms with Gasteiger partial charge in [-0.15, -0.1) is 6.58 Å². The van der Waals surface area contributed by atoms with Gasteiger partial charge in [0.25, 0.3) is 0 Å². The molecule has 2 nitrogen and oxygen atoms in total. The van der Waals surface area contributed by atoms with Crippen molar-refractivity contribution in [2.24, 2.45) is 5.92 Å². The highest BCUT2D eigenvalue weighted by Gasteiger charge is 2.46. The first-order valence-electron chi connectivity index (χ1n) is 6.38. The minimum Gasteiger partial charge on any atom is -0.303 e. The summed E-state index contributed by atoms with van der Waals surface area (Å²) < 4.78 is 0. The Balaban J connectivity index is 2.00. The van der Waals surface area contributed by atoms with Gasteiger partial charge >= 0.3 is 0 Å². The number of nitrogens with zero attached hydrogens (tertiary/aromatic N) is 1. The van der Waals surface area contributed by atoms with Gasteiger partial charge in [-0.25, -0.2) is 0 Å². The Morgan fingerprint density at radius 2 is 1.53 bits per heavy atom. The second-order valence-electron chi connectivity index (χ2n) is 4.66. The molecule has 0 radical (unpaired) electrons. The predicted octanol–water partition coefficient (Wildman–Crippen LogP) is 3.58. The van der Waals surface area contributed by atoms with Gasteiger partial charge in [-0.05, 0) is 17.7 Å². The Morgan fingerprint density at radius 3 is 2.11 bits per heavy atom. The van der Waals surface area contributed by atoms with Crippen LogP contribution in [0.3, 0.4) is 0 Å². The molecule has 0 aromatic heterocycles. The molecule has 0 N–H and O–H groups in total. The largest absolute Gasteiger partial charge is 0.303 e. The molecule has 0 spiro atoms. The van der Waals surface area contributed by atoms with Crippen LogP contribution >= 0.6 is 0 Å². The fourth-order valence-electron chi connectivity index (χ4n) is 2.62. The molecule has 1 aliphatic heterocycles. The van der Waals surface area contributed by atoms with Crippen molar-refractivity contribution in [2.45, 2.75) is 6.04 Å². The molecule has 1 heterocycles. The van der Waals surface area contributed by atoms with Gasteiger partial charge in [-0.2, -0.15) is 0 Å². The SMILES string of the molecule is C=C[C@@H]1C(=O)N(c2ccccc2)[C@@H]1c1ccccc1. The van der Waals surface area contributed by atoms with Crippen LogP contribution in [0.5, 0.6) is 0 Å². The van der Waals surface area contributed by atoms with E-state index in [1.165, 1.54) is 0 Å². The minimum atomic E-state index is -0.123. The summed E-state index contributed by atoms with van der Waals surface area (Å²) in [4.78, 5) is 14.1. The lowest BCUT2D eigenvalue weighted by Crippen LogP contribution is -2.54. The van der Waals surface area contributed by atoms with E-state index < -0.39 is 0 Å². The van der Waals surface area contributed by atoms with Crippen LogP contribution in [0.2, 0.25) is 0 Å². The second kappa shape index (κ2) is 4.73. The summed E-state index contributed by atoms with van der Waals surface area (Å²) in [6.07, 6.45) is 1.75. The molecule has 0 aliphatic carbocycles. The zero-order chi connectivity index (χ0) is 13.2. The van der Waals surface area contributed by atoms with E-state index >= 15 is 0 Å². The van der Waals surface area contributed by atoms with E-state index in [0.717, 1.165) is 11.3 Å². The average molecular weight is 249 g/mol. The van der Waals surface area contributed by atoms with Crippen molar-refractivity contribution in [2.75, 3.05) is 4.90 Å². The van der Waals surface area contributed by atoms with Crippen LogP contribution in [-0.2, 0) is 4.79 Å². The molecular weight excluding hydrogens is 234 g/mol. The molecule has 0 saturated carbocycles. The van der Waals surface area contributed by atoms with E-state index in [0.29, 0.717) is 0 Å². The van der Waals surface area contributed by atoms with E-state index in [9.17, 15) is 4.79 Å². The van der Waals surface area contributed by atoms with Crippen molar-refractivity contribution in [1.29, 1.82) is 0 Å². The van der Waals surface area contributed by atoms with E-state index in [4.69, 9.17) is 0 Å². The zero-order valence-corrected chi connectivity index (χ0v) is 10.6. The maximum absolute atomic E-state index is 12.2. The van der Waals surface area contributed by atoms with Gasteiger partial charge < -0.3 is 4.90 Å². The molecule has 1 amide bonds. The fraction of sp³-hybridized carbons (Fsp3) is 0.118. The van der Waals surface area contributed by atoms with Crippen LogP contribution in [0.25, 0.3) is 0 Å². The zero-order valence-electron chi connectivity index (χ0n) is 10.6. The molecule has 2 atom stereocenters. The van der Waals surface area contributed by atoms with Crippen molar-refractivity contribution in [3.63, 3.8) is 0 Å². The average Bonchev–Trinajstić information content (AvgIpc) is 2.47. The van der Waals surface area contributed by atoms with Gasteiger partial charge in [0.15, 0.2) is 0 Å². The number of anilines is 1. The second-order valence-corrected chi connectivity index (χ2v) is 4.66. The monoisotopic (exact) mass is 249 g/mol. The normalized spacial score (nSPS) is 21.9. The lowest BCUT2D eigenvalue weighted by molar-refractivity contribution is -0.128. The van der Waals surface area contributed by atoms with Crippen molar-refractivity contribution in [3.05, 3.63) is 78.9 Å². The molecular formula is C17H15NO. The van der Waals surface area contributed by atoms with Gasteiger partial charge in [0, 0.05) is 5.69 Å². The first-order valence-corrected chi connectivity index (χ1v) is 6.38. The van der Waals surface area contributed by atoms with Crippen molar-refractivity contribution in [1.82, 2.24) is 0 Å². The quantitative estimate of drug-likeness (QED) is 0.601. The molecule has 0 unspecified atom stereocenters. The molecule has 1 fully saturated rings. The van der Waals surface area contributed by atoms with Gasteiger partial charge in [0.1, 0.15) is 0 Å². The van der Waals surface area contributed by atoms with Crippen LogP contribution in [-0.4, -0.2) is 5.91 Å². The van der Waals surface area contributed by atoms with E-state index in [2.05, 4.69) is 18.7 Å². The van der Waals surface area contributed by atoms with Crippen molar-refractivity contribution < 1.29 is 4.79 Å². The van der Waals surface area contributed by atoms with Crippen LogP contribution in [0.15, 0.2) is 73.3 Å². The van der Waals surface area contributed by atoms with E-state index in [1.807, 2.05) is 53.4 Å². The summed E-state index contributed by atoms with van der Waals surface area (Å²) >= 11 is 0. The van der Waals surface area contributed by atoms with Gasteiger partial charge in [0.2, 0.25) is 5.91 Å². The Bertz CT molecular complexity index is 591. The smallest absolute Gasteiger partial charge is 0.236 e. The third-order valence-corrected chi connectivity index (χ3v) is 3.57. The Labute approximate surface area is 113 Å². The number of β-lactam (4-membered cyclic amide) rings is 1. The summed E-state index contributed by atoms with van der Waals surface area (Å²) in [6.45, 7) is 3.79. The Kier molecular flexibility index (Phi) is 2.92. The summed E-state index contributed by atoms with van der Waals surface area (Å²) in [5.74, 6) is -0.00217. The number of benzene rings is 2. The number of amides is 1. The third kappa shape index (κ3) is 1.85. The molecule has 1 saturated heterocycles. The Morgan fingerprint density at radius 1 is 0.947 bits per heavy atom. The Hall–Kier alpha value is -2.35. The number of hydrogen-bond donors (Lipinski definition) is 0. The number of rotatable bonds is 3. The molecule has 3 rings (SSSR count). The number of carbonyl (C=O) groups is 1.